The SMILES string of the molecule is COc1ccc(F)c(-c2ccc(COc3ccc4c(c3)[C@@]3(CCO4)C[C@@H]3C(=O)O)cc2C2=CCCC2(C)C)c1. The van der Waals surface area contributed by atoms with Crippen molar-refractivity contribution in [3.63, 3.8) is 0 Å². The molecule has 1 fully saturated rings. The van der Waals surface area contributed by atoms with Crippen molar-refractivity contribution in [3.8, 4) is 28.4 Å². The number of hydrogen-bond acceptors (Lipinski definition) is 4. The van der Waals surface area contributed by atoms with Crippen LogP contribution in [0.5, 0.6) is 17.2 Å². The van der Waals surface area contributed by atoms with Gasteiger partial charge in [0, 0.05) is 16.5 Å². The van der Waals surface area contributed by atoms with Crippen LogP contribution in [0.1, 0.15) is 56.2 Å². The second-order valence-corrected chi connectivity index (χ2v) is 11.6. The molecule has 0 radical (unpaired) electrons. The number of aliphatic carboxylic acids is 1. The topological polar surface area (TPSA) is 65.0 Å². The quantitative estimate of drug-likeness (QED) is 0.346. The zero-order chi connectivity index (χ0) is 27.4. The smallest absolute Gasteiger partial charge is 0.307 e. The summed E-state index contributed by atoms with van der Waals surface area (Å²) in [5.41, 5.74) is 5.08. The number of halogens is 1. The van der Waals surface area contributed by atoms with E-state index in [1.807, 2.05) is 30.3 Å². The van der Waals surface area contributed by atoms with Crippen molar-refractivity contribution in [2.75, 3.05) is 13.7 Å². The highest BCUT2D eigenvalue weighted by molar-refractivity contribution is 5.85. The number of methoxy groups -OCH3 is 1. The molecule has 1 heterocycles. The van der Waals surface area contributed by atoms with E-state index in [-0.39, 0.29) is 22.6 Å². The van der Waals surface area contributed by atoms with Crippen LogP contribution >= 0.6 is 0 Å². The zero-order valence-corrected chi connectivity index (χ0v) is 22.6. The first-order valence-electron chi connectivity index (χ1n) is 13.5. The average molecular weight is 529 g/mol. The maximum absolute atomic E-state index is 15.1. The molecule has 0 aromatic heterocycles. The summed E-state index contributed by atoms with van der Waals surface area (Å²) in [6.07, 6.45) is 5.63. The van der Waals surface area contributed by atoms with Gasteiger partial charge in [-0.2, -0.15) is 0 Å². The Labute approximate surface area is 228 Å². The van der Waals surface area contributed by atoms with Crippen molar-refractivity contribution < 1.29 is 28.5 Å². The van der Waals surface area contributed by atoms with E-state index < -0.39 is 5.97 Å². The van der Waals surface area contributed by atoms with Gasteiger partial charge < -0.3 is 19.3 Å². The molecular formula is C33H33FO5. The molecule has 0 bridgehead atoms. The number of allylic oxidation sites excluding steroid dienone is 2. The van der Waals surface area contributed by atoms with Gasteiger partial charge in [-0.3, -0.25) is 4.79 Å². The summed E-state index contributed by atoms with van der Waals surface area (Å²) in [4.78, 5) is 11.7. The van der Waals surface area contributed by atoms with Crippen LogP contribution in [0, 0.1) is 17.2 Å². The molecule has 202 valence electrons. The number of rotatable bonds is 7. The molecule has 0 saturated heterocycles. The third kappa shape index (κ3) is 4.46. The van der Waals surface area contributed by atoms with Crippen molar-refractivity contribution in [2.45, 2.75) is 51.6 Å². The minimum atomic E-state index is -0.751. The molecule has 39 heavy (non-hydrogen) atoms. The number of ether oxygens (including phenoxy) is 3. The molecular weight excluding hydrogens is 495 g/mol. The van der Waals surface area contributed by atoms with Crippen molar-refractivity contribution in [1.29, 1.82) is 0 Å². The minimum Gasteiger partial charge on any atom is -0.497 e. The Bertz CT molecular complexity index is 1490. The van der Waals surface area contributed by atoms with Gasteiger partial charge in [0.2, 0.25) is 0 Å². The Morgan fingerprint density at radius 2 is 1.85 bits per heavy atom. The van der Waals surface area contributed by atoms with E-state index in [0.717, 1.165) is 40.8 Å². The minimum absolute atomic E-state index is 0.0265. The predicted molar refractivity (Wildman–Crippen MR) is 148 cm³/mol. The molecule has 3 aromatic rings. The molecule has 1 aliphatic heterocycles. The lowest BCUT2D eigenvalue weighted by Gasteiger charge is -2.27. The number of carboxylic acids is 1. The van der Waals surface area contributed by atoms with E-state index in [4.69, 9.17) is 14.2 Å². The van der Waals surface area contributed by atoms with E-state index in [9.17, 15) is 9.90 Å². The van der Waals surface area contributed by atoms with Gasteiger partial charge >= 0.3 is 5.97 Å². The largest absolute Gasteiger partial charge is 0.497 e. The molecule has 1 N–H and O–H groups in total. The summed E-state index contributed by atoms with van der Waals surface area (Å²) in [7, 11) is 1.58. The molecule has 3 aromatic carbocycles. The molecule has 2 aliphatic carbocycles. The van der Waals surface area contributed by atoms with Gasteiger partial charge in [0.05, 0.1) is 19.6 Å². The Morgan fingerprint density at radius 1 is 1.03 bits per heavy atom. The first-order chi connectivity index (χ1) is 18.7. The summed E-state index contributed by atoms with van der Waals surface area (Å²) < 4.78 is 32.5. The molecule has 1 spiro atoms. The summed E-state index contributed by atoms with van der Waals surface area (Å²) in [5, 5.41) is 9.61. The maximum Gasteiger partial charge on any atom is 0.307 e. The van der Waals surface area contributed by atoms with Crippen molar-refractivity contribution in [2.24, 2.45) is 11.3 Å². The van der Waals surface area contributed by atoms with Gasteiger partial charge in [-0.25, -0.2) is 4.39 Å². The van der Waals surface area contributed by atoms with Gasteiger partial charge in [0.1, 0.15) is 29.7 Å². The fourth-order valence-corrected chi connectivity index (χ4v) is 6.40. The molecule has 2 atom stereocenters. The fraction of sp³-hybridized carbons (Fsp3) is 0.364. The molecule has 0 amide bonds. The van der Waals surface area contributed by atoms with Gasteiger partial charge in [-0.1, -0.05) is 32.1 Å². The summed E-state index contributed by atoms with van der Waals surface area (Å²) >= 11 is 0. The lowest BCUT2D eigenvalue weighted by molar-refractivity contribution is -0.139. The Morgan fingerprint density at radius 3 is 2.56 bits per heavy atom. The van der Waals surface area contributed by atoms with Crippen LogP contribution in [0.2, 0.25) is 0 Å². The van der Waals surface area contributed by atoms with Crippen LogP contribution < -0.4 is 14.2 Å². The summed E-state index contributed by atoms with van der Waals surface area (Å²) in [5.74, 6) is 0.630. The monoisotopic (exact) mass is 528 g/mol. The van der Waals surface area contributed by atoms with Crippen LogP contribution in [0.3, 0.4) is 0 Å². The van der Waals surface area contributed by atoms with Crippen molar-refractivity contribution in [3.05, 3.63) is 83.2 Å². The van der Waals surface area contributed by atoms with E-state index in [1.165, 1.54) is 11.6 Å². The predicted octanol–water partition coefficient (Wildman–Crippen LogP) is 7.41. The first-order valence-corrected chi connectivity index (χ1v) is 13.5. The third-order valence-electron chi connectivity index (χ3n) is 8.76. The average Bonchev–Trinajstić information content (AvgIpc) is 3.54. The van der Waals surface area contributed by atoms with Crippen LogP contribution in [0.25, 0.3) is 16.7 Å². The normalized spacial score (nSPS) is 22.6. The second kappa shape index (κ2) is 9.44. The van der Waals surface area contributed by atoms with Gasteiger partial charge in [0.25, 0.3) is 0 Å². The molecule has 6 heteroatoms. The first kappa shape index (κ1) is 25.5. The molecule has 3 aliphatic rings. The van der Waals surface area contributed by atoms with Crippen LogP contribution in [0.15, 0.2) is 60.7 Å². The number of carbonyl (C=O) groups is 1. The molecule has 0 unspecified atom stereocenters. The highest BCUT2D eigenvalue weighted by Gasteiger charge is 2.61. The molecule has 1 saturated carbocycles. The summed E-state index contributed by atoms with van der Waals surface area (Å²) in [6, 6.07) is 16.6. The maximum atomic E-state index is 15.1. The standard InChI is InChI=1S/C33H33FO5/c1-32(2)12-4-5-26(32)24-15-20(6-9-23(24)25-16-21(37-3)7-10-29(25)34)19-39-22-8-11-30-27(17-22)33(13-14-38-30)18-28(33)31(35)36/h5-11,15-17,28H,4,12-14,18-19H2,1-3H3,(H,35,36)/t28-,33-/m1/s1. The van der Waals surface area contributed by atoms with Gasteiger partial charge in [-0.15, -0.1) is 0 Å². The molecule has 5 nitrogen and oxygen atoms in total. The highest BCUT2D eigenvalue weighted by atomic mass is 19.1. The van der Waals surface area contributed by atoms with E-state index in [2.05, 4.69) is 26.0 Å². The second-order valence-electron chi connectivity index (χ2n) is 11.6. The number of fused-ring (bicyclic) bond motifs is 2. The third-order valence-corrected chi connectivity index (χ3v) is 8.76. The highest BCUT2D eigenvalue weighted by Crippen LogP contribution is 2.61. The lowest BCUT2D eigenvalue weighted by Crippen LogP contribution is -2.24. The van der Waals surface area contributed by atoms with Crippen molar-refractivity contribution >= 4 is 11.5 Å². The zero-order valence-electron chi connectivity index (χ0n) is 22.6. The van der Waals surface area contributed by atoms with Crippen LogP contribution in [0.4, 0.5) is 4.39 Å². The van der Waals surface area contributed by atoms with Crippen LogP contribution in [-0.2, 0) is 16.8 Å². The van der Waals surface area contributed by atoms with E-state index >= 15 is 4.39 Å². The Hall–Kier alpha value is -3.80. The van der Waals surface area contributed by atoms with E-state index in [0.29, 0.717) is 43.1 Å². The molecule has 6 rings (SSSR count). The van der Waals surface area contributed by atoms with Crippen LogP contribution in [-0.4, -0.2) is 24.8 Å². The summed E-state index contributed by atoms with van der Waals surface area (Å²) in [6.45, 7) is 5.32. The lowest BCUT2D eigenvalue weighted by atomic mass is 9.79. The number of benzene rings is 3. The van der Waals surface area contributed by atoms with Gasteiger partial charge in [-0.05, 0) is 95.8 Å². The van der Waals surface area contributed by atoms with Gasteiger partial charge in [0.15, 0.2) is 0 Å². The Kier molecular flexibility index (Phi) is 6.17. The number of hydrogen-bond donors (Lipinski definition) is 1. The fourth-order valence-electron chi connectivity index (χ4n) is 6.40. The number of carboxylic acid groups (broad SMARTS) is 1. The van der Waals surface area contributed by atoms with E-state index in [1.54, 1.807) is 19.2 Å². The van der Waals surface area contributed by atoms with Crippen molar-refractivity contribution in [1.82, 2.24) is 0 Å². The Balaban J connectivity index is 1.32.